The largest absolute Gasteiger partial charge is 0.479 e. The van der Waals surface area contributed by atoms with Gasteiger partial charge in [0.15, 0.2) is 9.84 Å². The summed E-state index contributed by atoms with van der Waals surface area (Å²) >= 11 is 0. The van der Waals surface area contributed by atoms with E-state index in [0.29, 0.717) is 0 Å². The topological polar surface area (TPSA) is 91.7 Å². The second-order valence-corrected chi connectivity index (χ2v) is 5.58. The van der Waals surface area contributed by atoms with Gasteiger partial charge in [0.1, 0.15) is 0 Å². The van der Waals surface area contributed by atoms with Crippen molar-refractivity contribution in [2.24, 2.45) is 0 Å². The first-order valence-electron chi connectivity index (χ1n) is 4.55. The Morgan fingerprint density at radius 1 is 1.35 bits per heavy atom. The summed E-state index contributed by atoms with van der Waals surface area (Å²) in [4.78, 5) is 10.6. The third-order valence-electron chi connectivity index (χ3n) is 2.30. The lowest BCUT2D eigenvalue weighted by Crippen LogP contribution is -2.34. The Morgan fingerprint density at radius 3 is 2.12 bits per heavy atom. The lowest BCUT2D eigenvalue weighted by molar-refractivity contribution is -0.154. The quantitative estimate of drug-likeness (QED) is 0.816. The summed E-state index contributed by atoms with van der Waals surface area (Å²) in [6, 6.07) is 4.25. The molecule has 2 N–H and O–H groups in total. The Hall–Kier alpha value is -1.47. The van der Waals surface area contributed by atoms with Gasteiger partial charge in [0.2, 0.25) is 0 Å². The SMILES string of the molecule is CS(=O)(=O)c1ccc(C(F)(CO)C(=O)O)cc1. The Morgan fingerprint density at radius 2 is 1.82 bits per heavy atom. The Bertz CT molecular complexity index is 522. The molecule has 1 unspecified atom stereocenters. The van der Waals surface area contributed by atoms with Crippen LogP contribution >= 0.6 is 0 Å². The van der Waals surface area contributed by atoms with Crippen LogP contribution in [0.1, 0.15) is 5.56 Å². The lowest BCUT2D eigenvalue weighted by atomic mass is 9.97. The van der Waals surface area contributed by atoms with E-state index in [9.17, 15) is 17.6 Å². The van der Waals surface area contributed by atoms with Gasteiger partial charge in [-0.05, 0) is 12.1 Å². The van der Waals surface area contributed by atoms with Crippen LogP contribution in [0.25, 0.3) is 0 Å². The van der Waals surface area contributed by atoms with Gasteiger partial charge in [-0.1, -0.05) is 12.1 Å². The number of aliphatic hydroxyl groups is 1. The fourth-order valence-corrected chi connectivity index (χ4v) is 1.88. The van der Waals surface area contributed by atoms with Gasteiger partial charge in [-0.25, -0.2) is 17.6 Å². The lowest BCUT2D eigenvalue weighted by Gasteiger charge is -2.18. The number of halogens is 1. The molecule has 0 aliphatic rings. The molecule has 1 atom stereocenters. The van der Waals surface area contributed by atoms with Crippen molar-refractivity contribution in [1.82, 2.24) is 0 Å². The summed E-state index contributed by atoms with van der Waals surface area (Å²) in [5.74, 6) is -1.83. The fraction of sp³-hybridized carbons (Fsp3) is 0.300. The maximum atomic E-state index is 13.8. The minimum atomic E-state index is -3.42. The smallest absolute Gasteiger partial charge is 0.348 e. The number of aliphatic hydroxyl groups excluding tert-OH is 1. The van der Waals surface area contributed by atoms with E-state index in [1.54, 1.807) is 0 Å². The molecule has 0 fully saturated rings. The number of carbonyl (C=O) groups is 1. The van der Waals surface area contributed by atoms with Crippen LogP contribution in [0.3, 0.4) is 0 Å². The van der Waals surface area contributed by atoms with E-state index in [1.165, 1.54) is 0 Å². The normalized spacial score (nSPS) is 15.2. The number of alkyl halides is 1. The zero-order valence-electron chi connectivity index (χ0n) is 8.92. The average Bonchev–Trinajstić information content (AvgIpc) is 2.26. The van der Waals surface area contributed by atoms with Crippen molar-refractivity contribution < 1.29 is 27.8 Å². The monoisotopic (exact) mass is 262 g/mol. The molecule has 0 spiro atoms. The van der Waals surface area contributed by atoms with E-state index in [4.69, 9.17) is 10.2 Å². The van der Waals surface area contributed by atoms with Crippen LogP contribution < -0.4 is 0 Å². The van der Waals surface area contributed by atoms with Gasteiger partial charge in [0.05, 0.1) is 11.5 Å². The number of benzene rings is 1. The van der Waals surface area contributed by atoms with Crippen LogP contribution in [0.15, 0.2) is 29.2 Å². The maximum Gasteiger partial charge on any atom is 0.348 e. The van der Waals surface area contributed by atoms with Crippen molar-refractivity contribution >= 4 is 15.8 Å². The molecule has 94 valence electrons. The van der Waals surface area contributed by atoms with Crippen molar-refractivity contribution in [2.75, 3.05) is 12.9 Å². The van der Waals surface area contributed by atoms with Crippen LogP contribution in [-0.4, -0.2) is 37.5 Å². The van der Waals surface area contributed by atoms with Crippen molar-refractivity contribution in [3.05, 3.63) is 29.8 Å². The number of sulfone groups is 1. The minimum Gasteiger partial charge on any atom is -0.479 e. The third kappa shape index (κ3) is 2.62. The van der Waals surface area contributed by atoms with E-state index < -0.39 is 28.1 Å². The number of rotatable bonds is 4. The molecule has 0 aliphatic carbocycles. The molecule has 0 amide bonds. The summed E-state index contributed by atoms with van der Waals surface area (Å²) < 4.78 is 36.1. The van der Waals surface area contributed by atoms with Crippen LogP contribution in [0.4, 0.5) is 4.39 Å². The number of carboxylic acids is 1. The molecule has 17 heavy (non-hydrogen) atoms. The van der Waals surface area contributed by atoms with Gasteiger partial charge in [-0.3, -0.25) is 0 Å². The van der Waals surface area contributed by atoms with Crippen molar-refractivity contribution in [2.45, 2.75) is 10.6 Å². The highest BCUT2D eigenvalue weighted by Crippen LogP contribution is 2.26. The summed E-state index contributed by atoms with van der Waals surface area (Å²) in [5.41, 5.74) is -3.23. The van der Waals surface area contributed by atoms with Crippen molar-refractivity contribution in [1.29, 1.82) is 0 Å². The summed E-state index contributed by atoms with van der Waals surface area (Å²) in [5, 5.41) is 17.4. The highest BCUT2D eigenvalue weighted by Gasteiger charge is 2.40. The molecule has 0 aliphatic heterocycles. The molecule has 5 nitrogen and oxygen atoms in total. The molecule has 0 bridgehead atoms. The van der Waals surface area contributed by atoms with E-state index in [0.717, 1.165) is 30.5 Å². The number of hydrogen-bond acceptors (Lipinski definition) is 4. The second-order valence-electron chi connectivity index (χ2n) is 3.56. The molecule has 0 saturated carbocycles. The first-order valence-corrected chi connectivity index (χ1v) is 6.44. The summed E-state index contributed by atoms with van der Waals surface area (Å²) in [6.07, 6.45) is 0.980. The highest BCUT2D eigenvalue weighted by atomic mass is 32.2. The summed E-state index contributed by atoms with van der Waals surface area (Å²) in [7, 11) is -3.42. The molecular weight excluding hydrogens is 251 g/mol. The molecular formula is C10H11FO5S. The number of hydrogen-bond donors (Lipinski definition) is 2. The molecule has 0 radical (unpaired) electrons. The highest BCUT2D eigenvalue weighted by molar-refractivity contribution is 7.90. The van der Waals surface area contributed by atoms with Gasteiger partial charge >= 0.3 is 5.97 Å². The van der Waals surface area contributed by atoms with E-state index in [2.05, 4.69) is 0 Å². The number of aliphatic carboxylic acids is 1. The average molecular weight is 262 g/mol. The van der Waals surface area contributed by atoms with Crippen molar-refractivity contribution in [3.63, 3.8) is 0 Å². The molecule has 0 aromatic heterocycles. The zero-order valence-corrected chi connectivity index (χ0v) is 9.74. The van der Waals surface area contributed by atoms with Crippen LogP contribution in [0.5, 0.6) is 0 Å². The van der Waals surface area contributed by atoms with Gasteiger partial charge in [0.25, 0.3) is 5.67 Å². The maximum absolute atomic E-state index is 13.8. The van der Waals surface area contributed by atoms with E-state index >= 15 is 0 Å². The first kappa shape index (κ1) is 13.6. The Balaban J connectivity index is 3.23. The first-order chi connectivity index (χ1) is 7.71. The molecule has 1 aromatic carbocycles. The van der Waals surface area contributed by atoms with Gasteiger partial charge < -0.3 is 10.2 Å². The molecule has 7 heteroatoms. The predicted molar refractivity (Wildman–Crippen MR) is 57.1 cm³/mol. The standard InChI is InChI=1S/C10H11FO5S/c1-17(15,16)8-4-2-7(3-5-8)10(11,6-12)9(13)14/h2-5,12H,6H2,1H3,(H,13,14). The Labute approximate surface area is 97.4 Å². The van der Waals surface area contributed by atoms with E-state index in [-0.39, 0.29) is 10.5 Å². The zero-order chi connectivity index (χ0) is 13.3. The van der Waals surface area contributed by atoms with Crippen LogP contribution in [0.2, 0.25) is 0 Å². The van der Waals surface area contributed by atoms with Crippen LogP contribution in [0, 0.1) is 0 Å². The minimum absolute atomic E-state index is 0.0491. The Kier molecular flexibility index (Phi) is 3.53. The van der Waals surface area contributed by atoms with Gasteiger partial charge in [-0.2, -0.15) is 0 Å². The van der Waals surface area contributed by atoms with Gasteiger partial charge in [-0.15, -0.1) is 0 Å². The molecule has 1 rings (SSSR count). The van der Waals surface area contributed by atoms with Gasteiger partial charge in [0, 0.05) is 11.8 Å². The molecule has 0 heterocycles. The second kappa shape index (κ2) is 4.42. The van der Waals surface area contributed by atoms with Crippen LogP contribution in [-0.2, 0) is 20.3 Å². The number of carboxylic acid groups (broad SMARTS) is 1. The summed E-state index contributed by atoms with van der Waals surface area (Å²) in [6.45, 7) is -1.22. The predicted octanol–water partition coefficient (Wildman–Crippen LogP) is 0.332. The molecule has 0 saturated heterocycles. The van der Waals surface area contributed by atoms with E-state index in [1.807, 2.05) is 0 Å². The molecule has 1 aromatic rings. The fourth-order valence-electron chi connectivity index (χ4n) is 1.25. The third-order valence-corrected chi connectivity index (χ3v) is 3.43. The van der Waals surface area contributed by atoms with Crippen molar-refractivity contribution in [3.8, 4) is 0 Å².